The number of aliphatic carboxylic acids is 1. The molecule has 110 valence electrons. The van der Waals surface area contributed by atoms with E-state index in [4.69, 9.17) is 9.84 Å². The average molecular weight is 271 g/mol. The molecule has 0 aromatic carbocycles. The number of amides is 1. The molecule has 0 aliphatic heterocycles. The average Bonchev–Trinajstić information content (AvgIpc) is 2.64. The van der Waals surface area contributed by atoms with E-state index in [1.54, 1.807) is 27.7 Å². The van der Waals surface area contributed by atoms with Gasteiger partial charge < -0.3 is 15.2 Å². The summed E-state index contributed by atoms with van der Waals surface area (Å²) in [7, 11) is 0. The largest absolute Gasteiger partial charge is 0.481 e. The van der Waals surface area contributed by atoms with Gasteiger partial charge in [-0.25, -0.2) is 4.79 Å². The highest BCUT2D eigenvalue weighted by Gasteiger charge is 2.40. The molecule has 1 atom stereocenters. The highest BCUT2D eigenvalue weighted by molar-refractivity contribution is 5.73. The molecule has 2 N–H and O–H groups in total. The van der Waals surface area contributed by atoms with Gasteiger partial charge in [0.25, 0.3) is 0 Å². The molecule has 0 aromatic heterocycles. The first-order valence-electron chi connectivity index (χ1n) is 6.85. The molecule has 5 heteroatoms. The van der Waals surface area contributed by atoms with E-state index in [1.807, 2.05) is 0 Å². The SMILES string of the molecule is CC(C)(C)OC(=O)NC(C)(CC(=O)O)C1CCCC1. The van der Waals surface area contributed by atoms with Crippen molar-refractivity contribution >= 4 is 12.1 Å². The second kappa shape index (κ2) is 5.80. The van der Waals surface area contributed by atoms with E-state index in [2.05, 4.69) is 5.32 Å². The quantitative estimate of drug-likeness (QED) is 0.824. The summed E-state index contributed by atoms with van der Waals surface area (Å²) >= 11 is 0. The number of carboxylic acids is 1. The summed E-state index contributed by atoms with van der Waals surface area (Å²) in [5, 5.41) is 11.8. The zero-order chi connectivity index (χ0) is 14.7. The fraction of sp³-hybridized carbons (Fsp3) is 0.857. The predicted molar refractivity (Wildman–Crippen MR) is 72.0 cm³/mol. The van der Waals surface area contributed by atoms with Crippen molar-refractivity contribution in [3.05, 3.63) is 0 Å². The summed E-state index contributed by atoms with van der Waals surface area (Å²) in [6.07, 6.45) is 3.49. The van der Waals surface area contributed by atoms with Crippen LogP contribution in [-0.2, 0) is 9.53 Å². The lowest BCUT2D eigenvalue weighted by Crippen LogP contribution is -2.53. The van der Waals surface area contributed by atoms with Crippen LogP contribution in [0, 0.1) is 5.92 Å². The molecule has 0 spiro atoms. The summed E-state index contributed by atoms with van der Waals surface area (Å²) < 4.78 is 5.23. The second-order valence-corrected chi connectivity index (χ2v) is 6.60. The summed E-state index contributed by atoms with van der Waals surface area (Å²) in [4.78, 5) is 22.9. The number of carbonyl (C=O) groups is 2. The van der Waals surface area contributed by atoms with Crippen LogP contribution < -0.4 is 5.32 Å². The van der Waals surface area contributed by atoms with Gasteiger partial charge in [-0.05, 0) is 46.5 Å². The Morgan fingerprint density at radius 2 is 1.74 bits per heavy atom. The molecule has 1 saturated carbocycles. The highest BCUT2D eigenvalue weighted by Crippen LogP contribution is 2.36. The standard InChI is InChI=1S/C14H25NO4/c1-13(2,3)19-12(18)15-14(4,9-11(16)17)10-7-5-6-8-10/h10H,5-9H2,1-4H3,(H,15,18)(H,16,17). The maximum absolute atomic E-state index is 11.9. The van der Waals surface area contributed by atoms with Crippen LogP contribution in [0.3, 0.4) is 0 Å². The Labute approximate surface area is 114 Å². The number of ether oxygens (including phenoxy) is 1. The molecule has 1 aliphatic carbocycles. The molecular formula is C14H25NO4. The second-order valence-electron chi connectivity index (χ2n) is 6.60. The van der Waals surface area contributed by atoms with Gasteiger partial charge in [-0.1, -0.05) is 12.8 Å². The fourth-order valence-corrected chi connectivity index (χ4v) is 2.70. The molecule has 1 unspecified atom stereocenters. The maximum atomic E-state index is 11.9. The highest BCUT2D eigenvalue weighted by atomic mass is 16.6. The van der Waals surface area contributed by atoms with Crippen LogP contribution in [0.2, 0.25) is 0 Å². The van der Waals surface area contributed by atoms with Crippen LogP contribution in [-0.4, -0.2) is 28.3 Å². The molecule has 0 aromatic rings. The van der Waals surface area contributed by atoms with Crippen LogP contribution in [0.1, 0.15) is 59.8 Å². The number of carbonyl (C=O) groups excluding carboxylic acids is 1. The van der Waals surface area contributed by atoms with Gasteiger partial charge in [0.1, 0.15) is 5.60 Å². The van der Waals surface area contributed by atoms with Crippen molar-refractivity contribution in [3.8, 4) is 0 Å². The topological polar surface area (TPSA) is 75.6 Å². The number of hydrogen-bond donors (Lipinski definition) is 2. The van der Waals surface area contributed by atoms with Crippen molar-refractivity contribution in [2.45, 2.75) is 70.9 Å². The van der Waals surface area contributed by atoms with Gasteiger partial charge in [0, 0.05) is 0 Å². The van der Waals surface area contributed by atoms with Crippen molar-refractivity contribution in [2.24, 2.45) is 5.92 Å². The van der Waals surface area contributed by atoms with Crippen molar-refractivity contribution in [3.63, 3.8) is 0 Å². The van der Waals surface area contributed by atoms with E-state index >= 15 is 0 Å². The van der Waals surface area contributed by atoms with E-state index < -0.39 is 23.2 Å². The lowest BCUT2D eigenvalue weighted by molar-refractivity contribution is -0.139. The van der Waals surface area contributed by atoms with Gasteiger partial charge in [-0.2, -0.15) is 0 Å². The van der Waals surface area contributed by atoms with Gasteiger partial charge in [-0.15, -0.1) is 0 Å². The Hall–Kier alpha value is -1.26. The zero-order valence-electron chi connectivity index (χ0n) is 12.3. The van der Waals surface area contributed by atoms with Crippen molar-refractivity contribution in [1.29, 1.82) is 0 Å². The van der Waals surface area contributed by atoms with Crippen LogP contribution in [0.25, 0.3) is 0 Å². The molecular weight excluding hydrogens is 246 g/mol. The molecule has 19 heavy (non-hydrogen) atoms. The third-order valence-corrected chi connectivity index (χ3v) is 3.56. The van der Waals surface area contributed by atoms with E-state index in [-0.39, 0.29) is 12.3 Å². The number of alkyl carbamates (subject to hydrolysis) is 1. The lowest BCUT2D eigenvalue weighted by Gasteiger charge is -2.36. The first kappa shape index (κ1) is 15.8. The van der Waals surface area contributed by atoms with Gasteiger partial charge in [0.05, 0.1) is 12.0 Å². The minimum Gasteiger partial charge on any atom is -0.481 e. The Morgan fingerprint density at radius 3 is 2.16 bits per heavy atom. The van der Waals surface area contributed by atoms with Crippen molar-refractivity contribution < 1.29 is 19.4 Å². The van der Waals surface area contributed by atoms with Crippen LogP contribution in [0.15, 0.2) is 0 Å². The third kappa shape index (κ3) is 5.09. The van der Waals surface area contributed by atoms with Gasteiger partial charge in [0.15, 0.2) is 0 Å². The van der Waals surface area contributed by atoms with Gasteiger partial charge in [-0.3, -0.25) is 4.79 Å². The first-order chi connectivity index (χ1) is 8.62. The Balaban J connectivity index is 2.73. The van der Waals surface area contributed by atoms with E-state index in [0.717, 1.165) is 25.7 Å². The number of nitrogens with one attached hydrogen (secondary N) is 1. The summed E-state index contributed by atoms with van der Waals surface area (Å²) in [5.74, 6) is -0.693. The molecule has 5 nitrogen and oxygen atoms in total. The van der Waals surface area contributed by atoms with E-state index in [0.29, 0.717) is 0 Å². The number of rotatable bonds is 4. The third-order valence-electron chi connectivity index (χ3n) is 3.56. The number of hydrogen-bond acceptors (Lipinski definition) is 3. The Morgan fingerprint density at radius 1 is 1.21 bits per heavy atom. The molecule has 0 radical (unpaired) electrons. The smallest absolute Gasteiger partial charge is 0.408 e. The predicted octanol–water partition coefficient (Wildman–Crippen LogP) is 2.93. The fourth-order valence-electron chi connectivity index (χ4n) is 2.70. The minimum absolute atomic E-state index is 0.0725. The molecule has 0 bridgehead atoms. The zero-order valence-corrected chi connectivity index (χ0v) is 12.3. The lowest BCUT2D eigenvalue weighted by atomic mass is 9.81. The van der Waals surface area contributed by atoms with Gasteiger partial charge in [0.2, 0.25) is 0 Å². The van der Waals surface area contributed by atoms with Gasteiger partial charge >= 0.3 is 12.1 Å². The van der Waals surface area contributed by atoms with Crippen LogP contribution >= 0.6 is 0 Å². The molecule has 0 heterocycles. The Bertz CT molecular complexity index is 342. The maximum Gasteiger partial charge on any atom is 0.408 e. The van der Waals surface area contributed by atoms with Crippen molar-refractivity contribution in [1.82, 2.24) is 5.32 Å². The molecule has 1 fully saturated rings. The summed E-state index contributed by atoms with van der Waals surface area (Å²) in [6, 6.07) is 0. The minimum atomic E-state index is -0.898. The van der Waals surface area contributed by atoms with Crippen LogP contribution in [0.4, 0.5) is 4.79 Å². The van der Waals surface area contributed by atoms with Crippen LogP contribution in [0.5, 0.6) is 0 Å². The number of carboxylic acid groups (broad SMARTS) is 1. The molecule has 1 rings (SSSR count). The van der Waals surface area contributed by atoms with E-state index in [1.165, 1.54) is 0 Å². The first-order valence-corrected chi connectivity index (χ1v) is 6.85. The molecule has 1 aliphatic rings. The molecule has 0 saturated heterocycles. The molecule has 1 amide bonds. The van der Waals surface area contributed by atoms with Crippen molar-refractivity contribution in [2.75, 3.05) is 0 Å². The Kier molecular flexibility index (Phi) is 4.82. The monoisotopic (exact) mass is 271 g/mol. The normalized spacial score (nSPS) is 19.8. The van der Waals surface area contributed by atoms with E-state index in [9.17, 15) is 9.59 Å². The summed E-state index contributed by atoms with van der Waals surface area (Å²) in [6.45, 7) is 7.17. The summed E-state index contributed by atoms with van der Waals surface area (Å²) in [5.41, 5.74) is -1.31.